The van der Waals surface area contributed by atoms with Gasteiger partial charge in [0.2, 0.25) is 0 Å². The summed E-state index contributed by atoms with van der Waals surface area (Å²) in [4.78, 5) is 6.68. The van der Waals surface area contributed by atoms with E-state index in [0.29, 0.717) is 5.92 Å². The van der Waals surface area contributed by atoms with E-state index in [9.17, 15) is 0 Å². The molecule has 1 atom stereocenters. The van der Waals surface area contributed by atoms with E-state index in [1.807, 2.05) is 7.05 Å². The van der Waals surface area contributed by atoms with E-state index in [1.165, 1.54) is 16.8 Å². The summed E-state index contributed by atoms with van der Waals surface area (Å²) >= 11 is 0. The van der Waals surface area contributed by atoms with Crippen molar-refractivity contribution in [3.63, 3.8) is 0 Å². The lowest BCUT2D eigenvalue weighted by Gasteiger charge is -2.18. The molecule has 2 aromatic carbocycles. The molecule has 0 bridgehead atoms. The van der Waals surface area contributed by atoms with Crippen molar-refractivity contribution in [1.82, 2.24) is 10.6 Å². The second kappa shape index (κ2) is 9.09. The average molecular weight is 348 g/mol. The standard InChI is InChI=1S/C22H28N4/c1-18(20-8-4-3-5-9-20)16-24-22(23-2)25-17-19-10-12-21(13-11-19)26-14-6-7-15-26/h3-13,18H,14-17H2,1-2H3,(H2,23,24,25). The van der Waals surface area contributed by atoms with Crippen LogP contribution in [0, 0.1) is 0 Å². The quantitative estimate of drug-likeness (QED) is 0.477. The van der Waals surface area contributed by atoms with Crippen LogP contribution in [0.4, 0.5) is 5.69 Å². The highest BCUT2D eigenvalue weighted by Crippen LogP contribution is 2.17. The predicted octanol–water partition coefficient (Wildman–Crippen LogP) is 3.53. The first-order valence-corrected chi connectivity index (χ1v) is 9.24. The van der Waals surface area contributed by atoms with Crippen LogP contribution in [0.5, 0.6) is 0 Å². The van der Waals surface area contributed by atoms with E-state index in [4.69, 9.17) is 0 Å². The van der Waals surface area contributed by atoms with Crippen LogP contribution >= 0.6 is 0 Å². The van der Waals surface area contributed by atoms with Crippen LogP contribution in [0.2, 0.25) is 0 Å². The molecule has 26 heavy (non-hydrogen) atoms. The Hall–Kier alpha value is -2.75. The maximum atomic E-state index is 4.33. The monoisotopic (exact) mass is 348 g/mol. The molecule has 3 rings (SSSR count). The molecule has 0 spiro atoms. The molecule has 2 N–H and O–H groups in total. The van der Waals surface area contributed by atoms with E-state index >= 15 is 0 Å². The van der Waals surface area contributed by atoms with E-state index in [1.54, 1.807) is 0 Å². The third kappa shape index (κ3) is 4.88. The van der Waals surface area contributed by atoms with Gasteiger partial charge in [-0.05, 0) is 29.2 Å². The number of benzene rings is 2. The van der Waals surface area contributed by atoms with Crippen LogP contribution < -0.4 is 15.5 Å². The van der Waals surface area contributed by atoms with Crippen LogP contribution in [0.25, 0.3) is 0 Å². The fraction of sp³-hybridized carbons (Fsp3) is 0.318. The van der Waals surface area contributed by atoms with E-state index in [0.717, 1.165) is 32.1 Å². The van der Waals surface area contributed by atoms with Gasteiger partial charge in [0.05, 0.1) is 0 Å². The number of hydrogen-bond acceptors (Lipinski definition) is 2. The number of aliphatic imine (C=N–C) groups is 1. The van der Waals surface area contributed by atoms with Crippen LogP contribution in [-0.4, -0.2) is 32.6 Å². The van der Waals surface area contributed by atoms with Gasteiger partial charge in [-0.1, -0.05) is 61.5 Å². The number of nitrogens with zero attached hydrogens (tertiary/aromatic N) is 2. The lowest BCUT2D eigenvalue weighted by Crippen LogP contribution is -2.38. The fourth-order valence-electron chi connectivity index (χ4n) is 3.07. The average Bonchev–Trinajstić information content (AvgIpc) is 3.24. The third-order valence-electron chi connectivity index (χ3n) is 4.75. The summed E-state index contributed by atoms with van der Waals surface area (Å²) in [7, 11) is 1.81. The van der Waals surface area contributed by atoms with Crippen LogP contribution in [-0.2, 0) is 6.54 Å². The Kier molecular flexibility index (Phi) is 6.31. The molecule has 136 valence electrons. The summed E-state index contributed by atoms with van der Waals surface area (Å²) in [5, 5.41) is 6.81. The number of guanidine groups is 1. The lowest BCUT2D eigenvalue weighted by atomic mass is 10.0. The van der Waals surface area contributed by atoms with Crippen LogP contribution in [0.15, 0.2) is 71.7 Å². The summed E-state index contributed by atoms with van der Waals surface area (Å²) in [5.74, 6) is 1.27. The van der Waals surface area contributed by atoms with Gasteiger partial charge >= 0.3 is 0 Å². The first kappa shape index (κ1) is 18.1. The molecule has 0 radical (unpaired) electrons. The number of nitrogens with one attached hydrogen (secondary N) is 2. The van der Waals surface area contributed by atoms with Gasteiger partial charge in [0, 0.05) is 38.9 Å². The molecule has 1 heterocycles. The summed E-state index contributed by atoms with van der Waals surface area (Å²) in [6, 6.07) is 19.3. The highest BCUT2D eigenvalue weighted by molar-refractivity contribution is 5.79. The molecule has 0 aliphatic carbocycles. The Morgan fingerprint density at radius 3 is 2.35 bits per heavy atom. The second-order valence-corrected chi connectivity index (χ2v) is 6.66. The second-order valence-electron chi connectivity index (χ2n) is 6.66. The summed E-state index contributed by atoms with van der Waals surface area (Å²) < 4.78 is 0. The molecule has 4 nitrogen and oxygen atoms in total. The lowest BCUT2D eigenvalue weighted by molar-refractivity contribution is 0.699. The highest BCUT2D eigenvalue weighted by atomic mass is 15.2. The highest BCUT2D eigenvalue weighted by Gasteiger charge is 2.08. The van der Waals surface area contributed by atoms with Gasteiger partial charge in [-0.25, -0.2) is 0 Å². The minimum atomic E-state index is 0.433. The first-order chi connectivity index (χ1) is 12.8. The molecule has 0 saturated carbocycles. The number of hydrogen-bond donors (Lipinski definition) is 2. The van der Waals surface area contributed by atoms with E-state index < -0.39 is 0 Å². The molecule has 0 fully saturated rings. The van der Waals surface area contributed by atoms with Gasteiger partial charge in [-0.3, -0.25) is 4.99 Å². The van der Waals surface area contributed by atoms with Crippen molar-refractivity contribution in [2.45, 2.75) is 19.4 Å². The molecule has 1 aliphatic rings. The molecule has 0 aromatic heterocycles. The molecule has 1 aliphatic heterocycles. The molecule has 2 aromatic rings. The SMILES string of the molecule is CN=C(NCc1ccc(N2CC=CC2)cc1)NCC(C)c1ccccc1. The van der Waals surface area contributed by atoms with Crippen molar-refractivity contribution < 1.29 is 0 Å². The zero-order valence-corrected chi connectivity index (χ0v) is 15.7. The van der Waals surface area contributed by atoms with Gasteiger partial charge in [0.1, 0.15) is 0 Å². The molecular formula is C22H28N4. The van der Waals surface area contributed by atoms with Crippen molar-refractivity contribution in [2.24, 2.45) is 4.99 Å². The normalized spacial score (nSPS) is 15.2. The minimum Gasteiger partial charge on any atom is -0.364 e. The number of rotatable bonds is 6. The van der Waals surface area contributed by atoms with E-state index in [2.05, 4.69) is 94.2 Å². The smallest absolute Gasteiger partial charge is 0.191 e. The Labute approximate surface area is 156 Å². The van der Waals surface area contributed by atoms with Gasteiger partial charge in [-0.2, -0.15) is 0 Å². The summed E-state index contributed by atoms with van der Waals surface area (Å²) in [6.07, 6.45) is 4.42. The van der Waals surface area contributed by atoms with Crippen LogP contribution in [0.1, 0.15) is 24.0 Å². The topological polar surface area (TPSA) is 39.7 Å². The molecular weight excluding hydrogens is 320 g/mol. The van der Waals surface area contributed by atoms with Crippen molar-refractivity contribution in [2.75, 3.05) is 31.6 Å². The van der Waals surface area contributed by atoms with Crippen molar-refractivity contribution >= 4 is 11.6 Å². The van der Waals surface area contributed by atoms with Crippen molar-refractivity contribution in [1.29, 1.82) is 0 Å². The van der Waals surface area contributed by atoms with E-state index in [-0.39, 0.29) is 0 Å². The minimum absolute atomic E-state index is 0.433. The zero-order valence-electron chi connectivity index (χ0n) is 15.7. The summed E-state index contributed by atoms with van der Waals surface area (Å²) in [6.45, 7) is 5.85. The zero-order chi connectivity index (χ0) is 18.2. The first-order valence-electron chi connectivity index (χ1n) is 9.24. The summed E-state index contributed by atoms with van der Waals surface area (Å²) in [5.41, 5.74) is 3.86. The molecule has 0 saturated heterocycles. The van der Waals surface area contributed by atoms with Gasteiger partial charge in [0.25, 0.3) is 0 Å². The molecule has 1 unspecified atom stereocenters. The number of anilines is 1. The van der Waals surface area contributed by atoms with Gasteiger partial charge in [-0.15, -0.1) is 0 Å². The Morgan fingerprint density at radius 1 is 1.00 bits per heavy atom. The Bertz CT molecular complexity index is 726. The van der Waals surface area contributed by atoms with Crippen molar-refractivity contribution in [3.05, 3.63) is 77.9 Å². The fourth-order valence-corrected chi connectivity index (χ4v) is 3.07. The Balaban J connectivity index is 1.46. The van der Waals surface area contributed by atoms with Crippen molar-refractivity contribution in [3.8, 4) is 0 Å². The largest absolute Gasteiger partial charge is 0.364 e. The molecule has 4 heteroatoms. The Morgan fingerprint density at radius 2 is 1.69 bits per heavy atom. The third-order valence-corrected chi connectivity index (χ3v) is 4.75. The van der Waals surface area contributed by atoms with Gasteiger partial charge < -0.3 is 15.5 Å². The molecule has 0 amide bonds. The maximum absolute atomic E-state index is 4.33. The van der Waals surface area contributed by atoms with Crippen LogP contribution in [0.3, 0.4) is 0 Å². The predicted molar refractivity (Wildman–Crippen MR) is 111 cm³/mol. The maximum Gasteiger partial charge on any atom is 0.191 e. The van der Waals surface area contributed by atoms with Gasteiger partial charge in [0.15, 0.2) is 5.96 Å².